The minimum absolute atomic E-state index is 0.0371. The van der Waals surface area contributed by atoms with E-state index >= 15 is 8.78 Å². The third-order valence-corrected chi connectivity index (χ3v) is 13.5. The molecule has 7 heterocycles. The van der Waals surface area contributed by atoms with Crippen LogP contribution in [-0.4, -0.2) is 112 Å². The number of aromatic nitrogens is 1. The number of benzene rings is 3. The smallest absolute Gasteiger partial charge is 0.262 e. The normalized spacial score (nSPS) is 24.0. The molecule has 1 unspecified atom stereocenters. The van der Waals surface area contributed by atoms with Crippen LogP contribution in [0.25, 0.3) is 10.9 Å². The fourth-order valence-corrected chi connectivity index (χ4v) is 10.7. The van der Waals surface area contributed by atoms with Gasteiger partial charge in [-0.25, -0.2) is 17.6 Å². The van der Waals surface area contributed by atoms with Crippen LogP contribution >= 0.6 is 0 Å². The van der Waals surface area contributed by atoms with Crippen molar-refractivity contribution in [2.24, 2.45) is 5.41 Å². The van der Waals surface area contributed by atoms with Gasteiger partial charge in [0.25, 0.3) is 18.2 Å². The molecule has 3 atom stereocenters. The molecule has 0 aliphatic carbocycles. The number of halogens is 4. The molecule has 3 fully saturated rings. The highest BCUT2D eigenvalue weighted by molar-refractivity contribution is 6.23. The number of nitrogens with one attached hydrogen (secondary N) is 2. The number of hydrogen-bond donors (Lipinski definition) is 2. The molecule has 16 heteroatoms. The maximum absolute atomic E-state index is 16.4. The Bertz CT molecular complexity index is 2450. The quantitative estimate of drug-likeness (QED) is 0.199. The van der Waals surface area contributed by atoms with Crippen molar-refractivity contribution in [1.29, 1.82) is 0 Å². The van der Waals surface area contributed by atoms with Crippen LogP contribution in [0.2, 0.25) is 0 Å². The van der Waals surface area contributed by atoms with Gasteiger partial charge in [0.1, 0.15) is 17.7 Å². The Morgan fingerprint density at radius 3 is 2.28 bits per heavy atom. The second-order valence-corrected chi connectivity index (χ2v) is 17.5. The molecule has 0 saturated carbocycles. The summed E-state index contributed by atoms with van der Waals surface area (Å²) in [5, 5.41) is 3.12. The summed E-state index contributed by atoms with van der Waals surface area (Å²) in [6.45, 7) is 4.16. The number of carbonyl (C=O) groups excluding carboxylic acids is 5. The van der Waals surface area contributed by atoms with Crippen molar-refractivity contribution in [3.63, 3.8) is 0 Å². The van der Waals surface area contributed by atoms with Crippen molar-refractivity contribution >= 4 is 46.1 Å². The molecule has 1 aromatic heterocycles. The minimum atomic E-state index is -2.70. The molecule has 60 heavy (non-hydrogen) atoms. The van der Waals surface area contributed by atoms with Crippen molar-refractivity contribution in [2.45, 2.75) is 76.7 Å². The monoisotopic (exact) mass is 825 g/mol. The van der Waals surface area contributed by atoms with Gasteiger partial charge in [-0.3, -0.25) is 44.0 Å². The van der Waals surface area contributed by atoms with Gasteiger partial charge in [0.05, 0.1) is 30.3 Å². The zero-order valence-corrected chi connectivity index (χ0v) is 32.9. The Labute approximate surface area is 342 Å². The van der Waals surface area contributed by atoms with Gasteiger partial charge in [0.2, 0.25) is 17.7 Å². The van der Waals surface area contributed by atoms with E-state index in [1.807, 2.05) is 41.0 Å². The molecule has 0 radical (unpaired) electrons. The van der Waals surface area contributed by atoms with E-state index in [-0.39, 0.29) is 47.4 Å². The number of likely N-dealkylation sites (tertiary alicyclic amines) is 1. The van der Waals surface area contributed by atoms with Crippen LogP contribution in [0.15, 0.2) is 48.5 Å². The Morgan fingerprint density at radius 2 is 1.62 bits per heavy atom. The van der Waals surface area contributed by atoms with E-state index in [2.05, 4.69) is 10.3 Å². The Hall–Kier alpha value is -5.61. The first-order chi connectivity index (χ1) is 28.8. The number of carbonyl (C=O) groups is 5. The molecule has 0 bridgehead atoms. The lowest BCUT2D eigenvalue weighted by Gasteiger charge is -2.55. The number of imide groups is 2. The molecule has 4 aromatic rings. The molecule has 12 nitrogen and oxygen atoms in total. The first-order valence-corrected chi connectivity index (χ1v) is 20.5. The highest BCUT2D eigenvalue weighted by Crippen LogP contribution is 2.45. The van der Waals surface area contributed by atoms with Crippen LogP contribution in [0.5, 0.6) is 0 Å². The summed E-state index contributed by atoms with van der Waals surface area (Å²) < 4.78 is 60.7. The third kappa shape index (κ3) is 6.28. The SMILES string of the molecule is C[C@@H]1Cc2c([nH]c3ccccc23)[C@@H](c2c(F)cc(N3CCCC4(CN(C(=O)CN5Cc6cc7c(cc6C5)C(=O)N(C5CCC(=O)NC5=O)C7=O)C4)C3)cc2F)N1CC(F)F. The van der Waals surface area contributed by atoms with Crippen molar-refractivity contribution in [1.82, 2.24) is 29.9 Å². The van der Waals surface area contributed by atoms with Gasteiger partial charge in [-0.1, -0.05) is 18.2 Å². The van der Waals surface area contributed by atoms with Crippen LogP contribution in [0, 0.1) is 17.0 Å². The summed E-state index contributed by atoms with van der Waals surface area (Å²) in [7, 11) is 0. The molecule has 312 valence electrons. The molecule has 2 N–H and O–H groups in total. The highest BCUT2D eigenvalue weighted by atomic mass is 19.3. The first kappa shape index (κ1) is 38.6. The summed E-state index contributed by atoms with van der Waals surface area (Å²) in [6.07, 6.45) is -0.510. The van der Waals surface area contributed by atoms with E-state index in [0.29, 0.717) is 57.1 Å². The number of alkyl halides is 2. The van der Waals surface area contributed by atoms with Gasteiger partial charge in [-0.15, -0.1) is 0 Å². The van der Waals surface area contributed by atoms with Gasteiger partial charge in [0.15, 0.2) is 0 Å². The van der Waals surface area contributed by atoms with E-state index in [1.165, 1.54) is 17.0 Å². The van der Waals surface area contributed by atoms with Gasteiger partial charge in [-0.05, 0) is 79.6 Å². The second kappa shape index (κ2) is 14.3. The van der Waals surface area contributed by atoms with E-state index < -0.39 is 66.4 Å². The molecular formula is C44H43F4N7O5. The summed E-state index contributed by atoms with van der Waals surface area (Å²) in [5.41, 5.74) is 4.11. The Morgan fingerprint density at radius 1 is 0.933 bits per heavy atom. The average Bonchev–Trinajstić information content (AvgIpc) is 3.84. The number of nitrogens with zero attached hydrogens (tertiary/aromatic N) is 5. The second-order valence-electron chi connectivity index (χ2n) is 17.5. The number of anilines is 1. The van der Waals surface area contributed by atoms with E-state index in [4.69, 9.17) is 0 Å². The standard InChI is InChI=1S/C44H43F4N7O5/c1-23-11-28-27-5-2-3-6-33(27)49-39(28)40(54(23)18-35(47)48)38-31(45)14-26(15-32(38)46)52-10-4-9-44(20-52)21-53(22-44)37(57)19-51-16-24-12-29-30(13-25(24)17-51)43(60)55(42(29)59)34-7-8-36(56)50-41(34)58/h2-3,5-6,12-15,23,34-35,40,49H,4,7-11,16-22H2,1H3,(H,50,56,58)/t23-,34?,40-/m1/s1. The number of hydrogen-bond acceptors (Lipinski definition) is 8. The number of fused-ring (bicyclic) bond motifs is 5. The lowest BCUT2D eigenvalue weighted by atomic mass is 9.73. The van der Waals surface area contributed by atoms with Crippen LogP contribution in [0.4, 0.5) is 23.2 Å². The predicted molar refractivity (Wildman–Crippen MR) is 210 cm³/mol. The highest BCUT2D eigenvalue weighted by Gasteiger charge is 2.49. The van der Waals surface area contributed by atoms with Gasteiger partial charge in [0, 0.05) is 85.0 Å². The van der Waals surface area contributed by atoms with Crippen molar-refractivity contribution in [2.75, 3.05) is 44.2 Å². The van der Waals surface area contributed by atoms with E-state index in [0.717, 1.165) is 45.3 Å². The minimum Gasteiger partial charge on any atom is -0.371 e. The summed E-state index contributed by atoms with van der Waals surface area (Å²) in [6, 6.07) is 11.0. The molecule has 6 aliphatic heterocycles. The number of para-hydroxylation sites is 1. The van der Waals surface area contributed by atoms with Crippen molar-refractivity contribution in [3.8, 4) is 0 Å². The number of piperidine rings is 2. The Kier molecular flexibility index (Phi) is 9.17. The summed E-state index contributed by atoms with van der Waals surface area (Å²) in [4.78, 5) is 75.7. The maximum Gasteiger partial charge on any atom is 0.262 e. The summed E-state index contributed by atoms with van der Waals surface area (Å²) >= 11 is 0. The summed E-state index contributed by atoms with van der Waals surface area (Å²) in [5.74, 6) is -3.91. The molecule has 10 rings (SSSR count). The Balaban J connectivity index is 0.802. The lowest BCUT2D eigenvalue weighted by molar-refractivity contribution is -0.145. The van der Waals surface area contributed by atoms with Crippen molar-refractivity contribution < 1.29 is 41.5 Å². The first-order valence-electron chi connectivity index (χ1n) is 20.5. The lowest BCUT2D eigenvalue weighted by Crippen LogP contribution is -2.65. The topological polar surface area (TPSA) is 129 Å². The van der Waals surface area contributed by atoms with Gasteiger partial charge >= 0.3 is 0 Å². The van der Waals surface area contributed by atoms with Crippen LogP contribution < -0.4 is 10.2 Å². The molecule has 3 saturated heterocycles. The average molecular weight is 826 g/mol. The van der Waals surface area contributed by atoms with Crippen LogP contribution in [0.1, 0.15) is 87.3 Å². The van der Waals surface area contributed by atoms with Crippen molar-refractivity contribution in [3.05, 3.63) is 99.2 Å². The number of rotatable bonds is 7. The zero-order valence-electron chi connectivity index (χ0n) is 32.9. The number of H-pyrrole nitrogens is 1. The van der Waals surface area contributed by atoms with Crippen LogP contribution in [-0.2, 0) is 33.9 Å². The third-order valence-electron chi connectivity index (χ3n) is 13.5. The largest absolute Gasteiger partial charge is 0.371 e. The molecule has 5 amide bonds. The fraction of sp³-hybridized carbons (Fsp3) is 0.432. The molecular weight excluding hydrogens is 783 g/mol. The maximum atomic E-state index is 16.4. The fourth-order valence-electron chi connectivity index (χ4n) is 10.7. The molecule has 1 spiro atoms. The number of aromatic amines is 1. The molecule has 3 aromatic carbocycles. The number of amides is 5. The van der Waals surface area contributed by atoms with E-state index in [1.54, 1.807) is 17.0 Å². The zero-order chi connectivity index (χ0) is 41.8. The van der Waals surface area contributed by atoms with Gasteiger partial charge < -0.3 is 14.8 Å². The predicted octanol–water partition coefficient (Wildman–Crippen LogP) is 4.89. The molecule has 6 aliphatic rings. The van der Waals surface area contributed by atoms with Crippen LogP contribution in [0.3, 0.4) is 0 Å². The van der Waals surface area contributed by atoms with Gasteiger partial charge in [-0.2, -0.15) is 0 Å². The van der Waals surface area contributed by atoms with E-state index in [9.17, 15) is 32.8 Å².